The van der Waals surface area contributed by atoms with Crippen molar-refractivity contribution in [3.63, 3.8) is 0 Å². The molecule has 0 fully saturated rings. The zero-order valence-corrected chi connectivity index (χ0v) is 13.8. The zero-order valence-electron chi connectivity index (χ0n) is 13.0. The fourth-order valence-electron chi connectivity index (χ4n) is 1.74. The molecule has 0 aliphatic rings. The number of thioether (sulfide) groups is 1. The molecule has 0 atom stereocenters. The number of aromatic nitrogens is 3. The van der Waals surface area contributed by atoms with Crippen molar-refractivity contribution < 1.29 is 4.74 Å². The summed E-state index contributed by atoms with van der Waals surface area (Å²) < 4.78 is 6.89. The molecule has 6 nitrogen and oxygen atoms in total. The average molecular weight is 318 g/mol. The van der Waals surface area contributed by atoms with Crippen molar-refractivity contribution in [2.75, 3.05) is 6.26 Å². The van der Waals surface area contributed by atoms with Crippen LogP contribution in [0, 0.1) is 6.92 Å². The average Bonchev–Trinajstić information content (AvgIpc) is 2.48. The quantitative estimate of drug-likeness (QED) is 0.625. The first-order chi connectivity index (χ1) is 10.5. The SMILES string of the molecule is CSc1nnc(C)c(=O)n1/N=C\c1cccc(OC(C)C)c1. The number of rotatable bonds is 5. The molecule has 0 aliphatic carbocycles. The van der Waals surface area contributed by atoms with Crippen molar-refractivity contribution in [1.29, 1.82) is 0 Å². The molecule has 1 aromatic carbocycles. The van der Waals surface area contributed by atoms with Gasteiger partial charge < -0.3 is 4.74 Å². The van der Waals surface area contributed by atoms with Crippen molar-refractivity contribution in [2.24, 2.45) is 5.10 Å². The van der Waals surface area contributed by atoms with Crippen molar-refractivity contribution in [3.05, 3.63) is 45.9 Å². The molecule has 0 N–H and O–H groups in total. The van der Waals surface area contributed by atoms with Crippen LogP contribution >= 0.6 is 11.8 Å². The molecule has 1 aromatic heterocycles. The van der Waals surface area contributed by atoms with E-state index in [9.17, 15) is 4.79 Å². The lowest BCUT2D eigenvalue weighted by Crippen LogP contribution is -2.23. The molecule has 7 heteroatoms. The Bertz CT molecular complexity index is 741. The van der Waals surface area contributed by atoms with Crippen molar-refractivity contribution in [3.8, 4) is 5.75 Å². The highest BCUT2D eigenvalue weighted by molar-refractivity contribution is 7.98. The van der Waals surface area contributed by atoms with Gasteiger partial charge in [-0.05, 0) is 44.7 Å². The highest BCUT2D eigenvalue weighted by Gasteiger charge is 2.07. The van der Waals surface area contributed by atoms with E-state index in [1.54, 1.807) is 13.1 Å². The minimum atomic E-state index is -0.273. The smallest absolute Gasteiger partial charge is 0.296 e. The third kappa shape index (κ3) is 3.94. The van der Waals surface area contributed by atoms with Crippen LogP contribution in [-0.4, -0.2) is 33.4 Å². The summed E-state index contributed by atoms with van der Waals surface area (Å²) in [4.78, 5) is 12.1. The van der Waals surface area contributed by atoms with E-state index >= 15 is 0 Å². The van der Waals surface area contributed by atoms with E-state index in [0.29, 0.717) is 10.9 Å². The minimum absolute atomic E-state index is 0.102. The third-order valence-electron chi connectivity index (χ3n) is 2.70. The van der Waals surface area contributed by atoms with Crippen LogP contribution in [0.2, 0.25) is 0 Å². The summed E-state index contributed by atoms with van der Waals surface area (Å²) in [6.45, 7) is 5.55. The van der Waals surface area contributed by atoms with Gasteiger partial charge in [-0.15, -0.1) is 10.2 Å². The van der Waals surface area contributed by atoms with Crippen LogP contribution < -0.4 is 10.3 Å². The number of aryl methyl sites for hydroxylation is 1. The zero-order chi connectivity index (χ0) is 16.1. The summed E-state index contributed by atoms with van der Waals surface area (Å²) in [6, 6.07) is 7.53. The molecule has 0 bridgehead atoms. The van der Waals surface area contributed by atoms with E-state index in [2.05, 4.69) is 15.3 Å². The number of hydrogen-bond donors (Lipinski definition) is 0. The van der Waals surface area contributed by atoms with E-state index in [4.69, 9.17) is 4.74 Å². The molecule has 1 heterocycles. The monoisotopic (exact) mass is 318 g/mol. The predicted octanol–water partition coefficient (Wildman–Crippen LogP) is 2.34. The first-order valence-corrected chi connectivity index (χ1v) is 8.05. The molecule has 0 amide bonds. The Hall–Kier alpha value is -2.15. The molecule has 0 unspecified atom stereocenters. The van der Waals surface area contributed by atoms with E-state index in [-0.39, 0.29) is 11.7 Å². The Balaban J connectivity index is 2.33. The molecular formula is C15H18N4O2S. The van der Waals surface area contributed by atoms with E-state index in [1.807, 2.05) is 44.4 Å². The van der Waals surface area contributed by atoms with Crippen LogP contribution in [0.25, 0.3) is 0 Å². The Kier molecular flexibility index (Phi) is 5.32. The van der Waals surface area contributed by atoms with Crippen LogP contribution in [0.4, 0.5) is 0 Å². The largest absolute Gasteiger partial charge is 0.491 e. The highest BCUT2D eigenvalue weighted by Crippen LogP contribution is 2.14. The second-order valence-electron chi connectivity index (χ2n) is 4.87. The second kappa shape index (κ2) is 7.22. The summed E-state index contributed by atoms with van der Waals surface area (Å²) in [5, 5.41) is 12.5. The number of benzene rings is 1. The van der Waals surface area contributed by atoms with Crippen LogP contribution in [0.3, 0.4) is 0 Å². The normalized spacial score (nSPS) is 11.3. The van der Waals surface area contributed by atoms with Crippen molar-refractivity contribution in [2.45, 2.75) is 32.0 Å². The predicted molar refractivity (Wildman–Crippen MR) is 88.0 cm³/mol. The molecule has 22 heavy (non-hydrogen) atoms. The highest BCUT2D eigenvalue weighted by atomic mass is 32.2. The summed E-state index contributed by atoms with van der Waals surface area (Å²) in [7, 11) is 0. The van der Waals surface area contributed by atoms with Gasteiger partial charge in [0.1, 0.15) is 11.4 Å². The number of nitrogens with zero attached hydrogens (tertiary/aromatic N) is 4. The third-order valence-corrected chi connectivity index (χ3v) is 3.32. The Labute approximate surface area is 133 Å². The standard InChI is InChI=1S/C15H18N4O2S/c1-10(2)21-13-7-5-6-12(8-13)9-16-19-14(20)11(3)17-18-15(19)22-4/h5-10H,1-4H3/b16-9-. The van der Waals surface area contributed by atoms with Crippen molar-refractivity contribution >= 4 is 18.0 Å². The van der Waals surface area contributed by atoms with Crippen LogP contribution in [0.5, 0.6) is 5.75 Å². The molecule has 0 radical (unpaired) electrons. The van der Waals surface area contributed by atoms with Gasteiger partial charge in [0.2, 0.25) is 5.16 Å². The molecule has 2 aromatic rings. The Morgan fingerprint density at radius 3 is 2.82 bits per heavy atom. The molecule has 0 saturated carbocycles. The lowest BCUT2D eigenvalue weighted by molar-refractivity contribution is 0.242. The fourth-order valence-corrected chi connectivity index (χ4v) is 2.16. The molecule has 0 spiro atoms. The summed E-state index contributed by atoms with van der Waals surface area (Å²) in [5.74, 6) is 0.764. The van der Waals surface area contributed by atoms with Gasteiger partial charge in [0.05, 0.1) is 12.3 Å². The van der Waals surface area contributed by atoms with E-state index in [1.165, 1.54) is 16.4 Å². The first kappa shape index (κ1) is 16.2. The van der Waals surface area contributed by atoms with Crippen LogP contribution in [0.1, 0.15) is 25.1 Å². The maximum absolute atomic E-state index is 12.1. The first-order valence-electron chi connectivity index (χ1n) is 6.82. The van der Waals surface area contributed by atoms with Crippen LogP contribution in [-0.2, 0) is 0 Å². The molecule has 0 saturated heterocycles. The minimum Gasteiger partial charge on any atom is -0.491 e. The second-order valence-corrected chi connectivity index (χ2v) is 5.65. The van der Waals surface area contributed by atoms with Gasteiger partial charge in [0.25, 0.3) is 5.56 Å². The topological polar surface area (TPSA) is 69.4 Å². The summed E-state index contributed by atoms with van der Waals surface area (Å²) in [5.41, 5.74) is 0.878. The maximum Gasteiger partial charge on any atom is 0.296 e. The van der Waals surface area contributed by atoms with E-state index in [0.717, 1.165) is 11.3 Å². The van der Waals surface area contributed by atoms with Gasteiger partial charge in [-0.25, -0.2) is 0 Å². The maximum atomic E-state index is 12.1. The fraction of sp³-hybridized carbons (Fsp3) is 0.333. The lowest BCUT2D eigenvalue weighted by Gasteiger charge is -2.09. The van der Waals surface area contributed by atoms with Gasteiger partial charge in [-0.2, -0.15) is 9.78 Å². The number of hydrogen-bond acceptors (Lipinski definition) is 6. The number of ether oxygens (including phenoxy) is 1. The molecule has 2 rings (SSSR count). The molecule has 0 aliphatic heterocycles. The van der Waals surface area contributed by atoms with Gasteiger partial charge in [-0.3, -0.25) is 4.79 Å². The Morgan fingerprint density at radius 2 is 2.14 bits per heavy atom. The molecular weight excluding hydrogens is 300 g/mol. The molecule has 116 valence electrons. The van der Waals surface area contributed by atoms with E-state index < -0.39 is 0 Å². The van der Waals surface area contributed by atoms with Gasteiger partial charge in [0, 0.05) is 0 Å². The Morgan fingerprint density at radius 1 is 1.36 bits per heavy atom. The van der Waals surface area contributed by atoms with Gasteiger partial charge in [-0.1, -0.05) is 23.9 Å². The van der Waals surface area contributed by atoms with Gasteiger partial charge in [0.15, 0.2) is 0 Å². The summed E-state index contributed by atoms with van der Waals surface area (Å²) in [6.07, 6.45) is 3.53. The lowest BCUT2D eigenvalue weighted by atomic mass is 10.2. The van der Waals surface area contributed by atoms with Crippen molar-refractivity contribution in [1.82, 2.24) is 14.9 Å². The van der Waals surface area contributed by atoms with Crippen LogP contribution in [0.15, 0.2) is 39.3 Å². The van der Waals surface area contributed by atoms with Gasteiger partial charge >= 0.3 is 0 Å². The summed E-state index contributed by atoms with van der Waals surface area (Å²) >= 11 is 1.32.